The number of halogens is 2. The number of hydrogen-bond donors (Lipinski definition) is 1. The van der Waals surface area contributed by atoms with Crippen molar-refractivity contribution in [1.82, 2.24) is 9.07 Å². The zero-order valence-corrected chi connectivity index (χ0v) is 8.43. The topological polar surface area (TPSA) is 54.9 Å². The van der Waals surface area contributed by atoms with Crippen LogP contribution in [0.15, 0.2) is 33.9 Å². The van der Waals surface area contributed by atoms with Crippen molar-refractivity contribution in [3.63, 3.8) is 0 Å². The van der Waals surface area contributed by atoms with Crippen molar-refractivity contribution in [1.29, 1.82) is 0 Å². The molecule has 2 rings (SSSR count). The monoisotopic (exact) mass is 232 g/mol. The lowest BCUT2D eigenvalue weighted by atomic mass is 10.2. The number of nitrogens with zero attached hydrogens (tertiary/aromatic N) is 1. The van der Waals surface area contributed by atoms with Gasteiger partial charge in [0.1, 0.15) is 0 Å². The van der Waals surface area contributed by atoms with Gasteiger partial charge in [-0.25, -0.2) is 8.88 Å². The van der Waals surface area contributed by atoms with Gasteiger partial charge in [-0.2, -0.15) is 0 Å². The molecule has 14 heavy (non-hydrogen) atoms. The number of hydrogen-bond acceptors (Lipinski definition) is 2. The van der Waals surface area contributed by atoms with Crippen molar-refractivity contribution in [3.8, 4) is 0 Å². The summed E-state index contributed by atoms with van der Waals surface area (Å²) in [6, 6.07) is 6.63. The van der Waals surface area contributed by atoms with Crippen LogP contribution in [0.3, 0.4) is 0 Å². The minimum atomic E-state index is -0.620. The Morgan fingerprint density at radius 2 is 1.86 bits per heavy atom. The summed E-state index contributed by atoms with van der Waals surface area (Å²) in [7, 11) is 0. The molecule has 74 valence electrons. The lowest BCUT2D eigenvalue weighted by Crippen LogP contribution is -2.25. The Labute approximate surface area is 89.7 Å². The molecule has 1 aromatic heterocycles. The third-order valence-corrected chi connectivity index (χ3v) is 2.09. The second kappa shape index (κ2) is 3.86. The van der Waals surface area contributed by atoms with Gasteiger partial charge in [-0.05, 0) is 12.1 Å². The molecule has 0 aliphatic heterocycles. The average Bonchev–Trinajstić information content (AvgIpc) is 2.15. The zero-order valence-electron chi connectivity index (χ0n) is 6.86. The highest BCUT2D eigenvalue weighted by Crippen LogP contribution is 2.06. The van der Waals surface area contributed by atoms with Crippen LogP contribution in [0.1, 0.15) is 0 Å². The van der Waals surface area contributed by atoms with E-state index >= 15 is 0 Å². The van der Waals surface area contributed by atoms with E-state index in [0.29, 0.717) is 10.9 Å². The van der Waals surface area contributed by atoms with E-state index in [-0.39, 0.29) is 12.4 Å². The molecule has 0 saturated carbocycles. The summed E-state index contributed by atoms with van der Waals surface area (Å²) >= 11 is 5.63. The number of fused-ring (bicyclic) bond motifs is 1. The molecule has 0 saturated heterocycles. The molecule has 0 fully saturated rings. The second-order valence-corrected chi connectivity index (χ2v) is 2.90. The van der Waals surface area contributed by atoms with Crippen LogP contribution in [0.25, 0.3) is 10.9 Å². The third-order valence-electron chi connectivity index (χ3n) is 1.76. The standard InChI is InChI=1S/C8H5ClN2O2.ClH/c9-11-6-4-2-1-3-5(6)7(12)10-8(11)13;/h1-4H,(H,10,12,13);1H. The maximum atomic E-state index is 11.2. The van der Waals surface area contributed by atoms with E-state index in [0.717, 1.165) is 4.09 Å². The molecule has 0 aliphatic carbocycles. The fraction of sp³-hybridized carbons (Fsp3) is 0. The smallest absolute Gasteiger partial charge is 0.272 e. The fourth-order valence-electron chi connectivity index (χ4n) is 1.16. The first kappa shape index (κ1) is 10.8. The molecule has 6 heteroatoms. The SMILES string of the molecule is Cl.O=c1[nH]c(=O)n(Cl)c2ccccc12. The number of benzene rings is 1. The highest BCUT2D eigenvalue weighted by Gasteiger charge is 2.03. The molecule has 0 spiro atoms. The normalized spacial score (nSPS) is 9.79. The molecule has 0 unspecified atom stereocenters. The van der Waals surface area contributed by atoms with E-state index < -0.39 is 11.2 Å². The van der Waals surface area contributed by atoms with Gasteiger partial charge in [0.05, 0.1) is 10.9 Å². The minimum absolute atomic E-state index is 0. The summed E-state index contributed by atoms with van der Waals surface area (Å²) in [6.45, 7) is 0. The third kappa shape index (κ3) is 1.54. The Morgan fingerprint density at radius 1 is 1.21 bits per heavy atom. The Bertz CT molecular complexity index is 573. The van der Waals surface area contributed by atoms with Crippen LogP contribution in [-0.4, -0.2) is 9.07 Å². The molecule has 0 aliphatic rings. The van der Waals surface area contributed by atoms with Gasteiger partial charge < -0.3 is 0 Å². The summed E-state index contributed by atoms with van der Waals surface area (Å²) in [5, 5.41) is 0.400. The van der Waals surface area contributed by atoms with Gasteiger partial charge in [0.25, 0.3) is 5.56 Å². The van der Waals surface area contributed by atoms with Gasteiger partial charge in [-0.15, -0.1) is 12.4 Å². The number of rotatable bonds is 0. The Morgan fingerprint density at radius 3 is 2.57 bits per heavy atom. The first-order chi connectivity index (χ1) is 6.20. The number of H-pyrrole nitrogens is 1. The quantitative estimate of drug-likeness (QED) is 0.741. The van der Waals surface area contributed by atoms with Crippen molar-refractivity contribution in [2.75, 3.05) is 0 Å². The Balaban J connectivity index is 0.000000980. The molecular weight excluding hydrogens is 227 g/mol. The number of para-hydroxylation sites is 1. The van der Waals surface area contributed by atoms with E-state index in [1.165, 1.54) is 0 Å². The van der Waals surface area contributed by atoms with Crippen LogP contribution in [-0.2, 0) is 0 Å². The van der Waals surface area contributed by atoms with Crippen LogP contribution in [0.4, 0.5) is 0 Å². The van der Waals surface area contributed by atoms with Crippen LogP contribution >= 0.6 is 24.2 Å². The minimum Gasteiger partial charge on any atom is -0.272 e. The summed E-state index contributed by atoms with van der Waals surface area (Å²) in [6.07, 6.45) is 0. The zero-order chi connectivity index (χ0) is 9.42. The van der Waals surface area contributed by atoms with Gasteiger partial charge in [0, 0.05) is 11.8 Å². The first-order valence-corrected chi connectivity index (χ1v) is 3.94. The number of aromatic nitrogens is 2. The van der Waals surface area contributed by atoms with Gasteiger partial charge in [-0.1, -0.05) is 12.1 Å². The van der Waals surface area contributed by atoms with Crippen molar-refractivity contribution >= 4 is 35.1 Å². The predicted octanol–water partition coefficient (Wildman–Crippen LogP) is 1.11. The van der Waals surface area contributed by atoms with E-state index in [1.54, 1.807) is 24.3 Å². The summed E-state index contributed by atoms with van der Waals surface area (Å²) in [5.41, 5.74) is -0.624. The van der Waals surface area contributed by atoms with Crippen molar-refractivity contribution < 1.29 is 0 Å². The van der Waals surface area contributed by atoms with Gasteiger partial charge in [0.15, 0.2) is 0 Å². The number of aromatic amines is 1. The van der Waals surface area contributed by atoms with Crippen molar-refractivity contribution in [2.24, 2.45) is 0 Å². The highest BCUT2D eigenvalue weighted by molar-refractivity contribution is 6.18. The van der Waals surface area contributed by atoms with Gasteiger partial charge >= 0.3 is 5.69 Å². The summed E-state index contributed by atoms with van der Waals surface area (Å²) in [4.78, 5) is 24.4. The van der Waals surface area contributed by atoms with E-state index in [2.05, 4.69) is 4.98 Å². The lowest BCUT2D eigenvalue weighted by Gasteiger charge is -1.98. The maximum Gasteiger partial charge on any atom is 0.343 e. The van der Waals surface area contributed by atoms with Crippen LogP contribution in [0.2, 0.25) is 0 Å². The molecule has 1 heterocycles. The Kier molecular flexibility index (Phi) is 2.98. The van der Waals surface area contributed by atoms with Crippen molar-refractivity contribution in [2.45, 2.75) is 0 Å². The fourth-order valence-corrected chi connectivity index (χ4v) is 1.35. The van der Waals surface area contributed by atoms with Crippen LogP contribution in [0.5, 0.6) is 0 Å². The summed E-state index contributed by atoms with van der Waals surface area (Å²) < 4.78 is 0.886. The second-order valence-electron chi connectivity index (χ2n) is 2.56. The van der Waals surface area contributed by atoms with Gasteiger partial charge in [0.2, 0.25) is 0 Å². The van der Waals surface area contributed by atoms with Crippen LogP contribution in [0, 0.1) is 0 Å². The maximum absolute atomic E-state index is 11.2. The molecular formula is C8H6Cl2N2O2. The average molecular weight is 233 g/mol. The first-order valence-electron chi connectivity index (χ1n) is 3.60. The largest absolute Gasteiger partial charge is 0.343 e. The molecule has 4 nitrogen and oxygen atoms in total. The van der Waals surface area contributed by atoms with Gasteiger partial charge in [-0.3, -0.25) is 9.78 Å². The molecule has 1 N–H and O–H groups in total. The van der Waals surface area contributed by atoms with E-state index in [4.69, 9.17) is 11.8 Å². The number of nitrogens with one attached hydrogen (secondary N) is 1. The molecule has 2 aromatic rings. The summed E-state index contributed by atoms with van der Waals surface area (Å²) in [5.74, 6) is 0. The van der Waals surface area contributed by atoms with E-state index in [1.807, 2.05) is 0 Å². The van der Waals surface area contributed by atoms with Crippen molar-refractivity contribution in [3.05, 3.63) is 45.1 Å². The highest BCUT2D eigenvalue weighted by atomic mass is 35.5. The molecule has 1 aromatic carbocycles. The lowest BCUT2D eigenvalue weighted by molar-refractivity contribution is 1.03. The van der Waals surface area contributed by atoms with E-state index in [9.17, 15) is 9.59 Å². The van der Waals surface area contributed by atoms with Crippen LogP contribution < -0.4 is 11.2 Å². The molecule has 0 atom stereocenters. The predicted molar refractivity (Wildman–Crippen MR) is 57.3 cm³/mol. The molecule has 0 amide bonds. The molecule has 0 bridgehead atoms. The molecule has 0 radical (unpaired) electrons. The Hall–Kier alpha value is -1.26.